The molecule has 0 radical (unpaired) electrons. The van der Waals surface area contributed by atoms with Gasteiger partial charge >= 0.3 is 0 Å². The van der Waals surface area contributed by atoms with Crippen molar-refractivity contribution in [1.29, 1.82) is 0 Å². The van der Waals surface area contributed by atoms with Gasteiger partial charge in [-0.1, -0.05) is 23.9 Å². The van der Waals surface area contributed by atoms with Gasteiger partial charge in [-0.05, 0) is 38.1 Å². The van der Waals surface area contributed by atoms with E-state index >= 15 is 0 Å². The molecule has 0 spiro atoms. The molecule has 2 heterocycles. The SMILES string of the molecule is CC(=O)c1ccccc1NC(=O)[C@@H](C)Sc1nnc(-c2ccco2)n1C. The second-order valence-corrected chi connectivity index (χ2v) is 7.00. The van der Waals surface area contributed by atoms with Crippen LogP contribution in [0.5, 0.6) is 0 Å². The molecule has 2 aromatic heterocycles. The minimum atomic E-state index is -0.428. The highest BCUT2D eigenvalue weighted by molar-refractivity contribution is 8.00. The monoisotopic (exact) mass is 370 g/mol. The molecule has 134 valence electrons. The third kappa shape index (κ3) is 3.70. The Balaban J connectivity index is 1.72. The summed E-state index contributed by atoms with van der Waals surface area (Å²) in [5, 5.41) is 11.2. The molecule has 1 atom stereocenters. The van der Waals surface area contributed by atoms with Crippen molar-refractivity contribution in [2.75, 3.05) is 5.32 Å². The number of para-hydroxylation sites is 1. The van der Waals surface area contributed by atoms with Crippen LogP contribution in [0.25, 0.3) is 11.6 Å². The molecular formula is C18H18N4O3S. The van der Waals surface area contributed by atoms with Crippen LogP contribution in [0.3, 0.4) is 0 Å². The lowest BCUT2D eigenvalue weighted by Gasteiger charge is -2.13. The van der Waals surface area contributed by atoms with E-state index in [2.05, 4.69) is 15.5 Å². The summed E-state index contributed by atoms with van der Waals surface area (Å²) in [4.78, 5) is 24.2. The first-order valence-corrected chi connectivity index (χ1v) is 8.86. The van der Waals surface area contributed by atoms with Gasteiger partial charge in [-0.2, -0.15) is 0 Å². The van der Waals surface area contributed by atoms with Crippen LogP contribution >= 0.6 is 11.8 Å². The van der Waals surface area contributed by atoms with Crippen LogP contribution < -0.4 is 5.32 Å². The zero-order valence-corrected chi connectivity index (χ0v) is 15.4. The zero-order valence-electron chi connectivity index (χ0n) is 14.6. The van der Waals surface area contributed by atoms with Crippen LogP contribution in [0.15, 0.2) is 52.2 Å². The fraction of sp³-hybridized carbons (Fsp3) is 0.222. The Labute approximate surface area is 154 Å². The topological polar surface area (TPSA) is 90.0 Å². The van der Waals surface area contributed by atoms with Gasteiger partial charge in [-0.15, -0.1) is 10.2 Å². The van der Waals surface area contributed by atoms with Crippen LogP contribution in [0.2, 0.25) is 0 Å². The van der Waals surface area contributed by atoms with Crippen LogP contribution in [-0.2, 0) is 11.8 Å². The van der Waals surface area contributed by atoms with Crippen molar-refractivity contribution < 1.29 is 14.0 Å². The Kier molecular flexibility index (Phi) is 5.22. The van der Waals surface area contributed by atoms with E-state index in [-0.39, 0.29) is 11.7 Å². The van der Waals surface area contributed by atoms with E-state index in [1.807, 2.05) is 7.05 Å². The van der Waals surface area contributed by atoms with Gasteiger partial charge < -0.3 is 14.3 Å². The Bertz CT molecular complexity index is 934. The van der Waals surface area contributed by atoms with Gasteiger partial charge in [0.25, 0.3) is 0 Å². The van der Waals surface area contributed by atoms with Crippen molar-refractivity contribution in [3.05, 3.63) is 48.2 Å². The minimum absolute atomic E-state index is 0.0994. The molecule has 0 saturated heterocycles. The van der Waals surface area contributed by atoms with Crippen molar-refractivity contribution >= 4 is 29.1 Å². The molecule has 26 heavy (non-hydrogen) atoms. The number of ketones is 1. The average Bonchev–Trinajstić information content (AvgIpc) is 3.25. The molecule has 7 nitrogen and oxygen atoms in total. The third-order valence-corrected chi connectivity index (χ3v) is 4.93. The number of nitrogens with zero attached hydrogens (tertiary/aromatic N) is 3. The number of anilines is 1. The quantitative estimate of drug-likeness (QED) is 0.528. The lowest BCUT2D eigenvalue weighted by Crippen LogP contribution is -2.23. The van der Waals surface area contributed by atoms with Crippen LogP contribution in [0, 0.1) is 0 Å². The molecule has 0 fully saturated rings. The Morgan fingerprint density at radius 1 is 1.19 bits per heavy atom. The number of Topliss-reactive ketones (excluding diaryl/α,β-unsaturated/α-hetero) is 1. The molecule has 0 aliphatic rings. The largest absolute Gasteiger partial charge is 0.461 e. The number of carbonyl (C=O) groups is 2. The van der Waals surface area contributed by atoms with Crippen molar-refractivity contribution in [3.63, 3.8) is 0 Å². The highest BCUT2D eigenvalue weighted by Gasteiger charge is 2.21. The van der Waals surface area contributed by atoms with E-state index < -0.39 is 5.25 Å². The van der Waals surface area contributed by atoms with E-state index in [1.54, 1.807) is 54.2 Å². The van der Waals surface area contributed by atoms with Gasteiger partial charge in [-0.3, -0.25) is 9.59 Å². The van der Waals surface area contributed by atoms with Crippen LogP contribution in [-0.4, -0.2) is 31.7 Å². The summed E-state index contributed by atoms with van der Waals surface area (Å²) in [6.07, 6.45) is 1.57. The molecule has 8 heteroatoms. The summed E-state index contributed by atoms with van der Waals surface area (Å²) in [6.45, 7) is 3.25. The fourth-order valence-electron chi connectivity index (χ4n) is 2.38. The van der Waals surface area contributed by atoms with E-state index in [0.29, 0.717) is 28.0 Å². The van der Waals surface area contributed by atoms with Crippen molar-refractivity contribution in [1.82, 2.24) is 14.8 Å². The predicted octanol–water partition coefficient (Wildman–Crippen LogP) is 3.40. The minimum Gasteiger partial charge on any atom is -0.461 e. The standard InChI is InChI=1S/C18H18N4O3S/c1-11(23)13-7-4-5-8-14(13)19-17(24)12(2)26-18-21-20-16(22(18)3)15-9-6-10-25-15/h4-10,12H,1-3H3,(H,19,24)/t12-/m1/s1. The maximum Gasteiger partial charge on any atom is 0.237 e. The molecule has 3 rings (SSSR count). The van der Waals surface area contributed by atoms with Gasteiger partial charge in [0.1, 0.15) is 0 Å². The van der Waals surface area contributed by atoms with Gasteiger partial charge in [-0.25, -0.2) is 0 Å². The summed E-state index contributed by atoms with van der Waals surface area (Å²) in [5.41, 5.74) is 0.989. The van der Waals surface area contributed by atoms with Crippen molar-refractivity contribution in [2.24, 2.45) is 7.05 Å². The Morgan fingerprint density at radius 3 is 2.65 bits per heavy atom. The fourth-order valence-corrected chi connectivity index (χ4v) is 3.20. The van der Waals surface area contributed by atoms with Gasteiger partial charge in [0.2, 0.25) is 5.91 Å². The van der Waals surface area contributed by atoms with Crippen LogP contribution in [0.1, 0.15) is 24.2 Å². The normalized spacial score (nSPS) is 12.0. The molecule has 0 saturated carbocycles. The lowest BCUT2D eigenvalue weighted by molar-refractivity contribution is -0.115. The van der Waals surface area contributed by atoms with E-state index in [1.165, 1.54) is 18.7 Å². The molecule has 1 N–H and O–H groups in total. The molecule has 1 amide bonds. The second kappa shape index (κ2) is 7.57. The van der Waals surface area contributed by atoms with E-state index in [4.69, 9.17) is 4.42 Å². The summed E-state index contributed by atoms with van der Waals surface area (Å²) in [7, 11) is 1.82. The second-order valence-electron chi connectivity index (χ2n) is 5.69. The van der Waals surface area contributed by atoms with Gasteiger partial charge in [0.05, 0.1) is 17.2 Å². The van der Waals surface area contributed by atoms with E-state index in [0.717, 1.165) is 0 Å². The van der Waals surface area contributed by atoms with Gasteiger partial charge in [0.15, 0.2) is 22.5 Å². The summed E-state index contributed by atoms with van der Waals surface area (Å²) in [6, 6.07) is 10.5. The number of hydrogen-bond acceptors (Lipinski definition) is 6. The van der Waals surface area contributed by atoms with Crippen molar-refractivity contribution in [3.8, 4) is 11.6 Å². The Hall–Kier alpha value is -2.87. The maximum atomic E-state index is 12.5. The summed E-state index contributed by atoms with van der Waals surface area (Å²) < 4.78 is 7.11. The molecule has 0 aliphatic carbocycles. The number of thioether (sulfide) groups is 1. The number of amides is 1. The molecular weight excluding hydrogens is 352 g/mol. The van der Waals surface area contributed by atoms with Crippen LogP contribution in [0.4, 0.5) is 5.69 Å². The van der Waals surface area contributed by atoms with E-state index in [9.17, 15) is 9.59 Å². The number of furan rings is 1. The Morgan fingerprint density at radius 2 is 1.96 bits per heavy atom. The molecule has 0 aliphatic heterocycles. The first-order valence-electron chi connectivity index (χ1n) is 7.98. The highest BCUT2D eigenvalue weighted by atomic mass is 32.2. The number of carbonyl (C=O) groups excluding carboxylic acids is 2. The molecule has 3 aromatic rings. The first-order chi connectivity index (χ1) is 12.5. The molecule has 0 unspecified atom stereocenters. The average molecular weight is 370 g/mol. The smallest absolute Gasteiger partial charge is 0.237 e. The first kappa shape index (κ1) is 17.9. The number of rotatable bonds is 6. The number of aromatic nitrogens is 3. The number of benzene rings is 1. The maximum absolute atomic E-state index is 12.5. The predicted molar refractivity (Wildman–Crippen MR) is 99.1 cm³/mol. The third-order valence-electron chi connectivity index (χ3n) is 3.79. The highest BCUT2D eigenvalue weighted by Crippen LogP contribution is 2.27. The zero-order chi connectivity index (χ0) is 18.7. The number of nitrogens with one attached hydrogen (secondary N) is 1. The van der Waals surface area contributed by atoms with Gasteiger partial charge in [0, 0.05) is 12.6 Å². The summed E-state index contributed by atoms with van der Waals surface area (Å²) >= 11 is 1.28. The lowest BCUT2D eigenvalue weighted by atomic mass is 10.1. The molecule has 0 bridgehead atoms. The molecule has 1 aromatic carbocycles. The van der Waals surface area contributed by atoms with Crippen molar-refractivity contribution in [2.45, 2.75) is 24.3 Å². The number of hydrogen-bond donors (Lipinski definition) is 1. The summed E-state index contributed by atoms with van der Waals surface area (Å²) in [5.74, 6) is 0.884.